The molecule has 0 aliphatic carbocycles. The van der Waals surface area contributed by atoms with Gasteiger partial charge >= 0.3 is 11.9 Å². The van der Waals surface area contributed by atoms with Gasteiger partial charge in [0.15, 0.2) is 12.4 Å². The van der Waals surface area contributed by atoms with Crippen LogP contribution in [-0.2, 0) is 33.3 Å². The molecule has 0 radical (unpaired) electrons. The molecule has 0 spiro atoms. The Morgan fingerprint density at radius 1 is 0.403 bits per heavy atom. The first-order valence-corrected chi connectivity index (χ1v) is 31.4. The molecule has 0 N–H and O–H groups in total. The van der Waals surface area contributed by atoms with E-state index in [4.69, 9.17) is 18.9 Å². The first-order valence-electron chi connectivity index (χ1n) is 31.4. The fourth-order valence-electron chi connectivity index (χ4n) is 8.51. The third-order valence-corrected chi connectivity index (χ3v) is 13.3. The number of hydrogen-bond acceptors (Lipinski definition) is 8. The van der Waals surface area contributed by atoms with E-state index >= 15 is 0 Å². The highest BCUT2D eigenvalue weighted by molar-refractivity contribution is 5.70. The summed E-state index contributed by atoms with van der Waals surface area (Å²) in [6, 6.07) is 0. The molecular weight excluding hydrogens is 959 g/mol. The van der Waals surface area contributed by atoms with Gasteiger partial charge in [-0.3, -0.25) is 9.59 Å². The van der Waals surface area contributed by atoms with Crippen LogP contribution in [0.3, 0.4) is 0 Å². The largest absolute Gasteiger partial charge is 0.545 e. The van der Waals surface area contributed by atoms with Crippen molar-refractivity contribution in [1.29, 1.82) is 0 Å². The molecule has 0 saturated carbocycles. The molecule has 0 rings (SSSR count). The summed E-state index contributed by atoms with van der Waals surface area (Å²) in [5.41, 5.74) is 0. The fourth-order valence-corrected chi connectivity index (χ4v) is 8.51. The molecule has 0 heterocycles. The first kappa shape index (κ1) is 73.2. The second-order valence-electron chi connectivity index (χ2n) is 22.0. The third kappa shape index (κ3) is 59.7. The van der Waals surface area contributed by atoms with E-state index in [0.717, 1.165) is 96.3 Å². The number of ether oxygens (including phenoxy) is 4. The van der Waals surface area contributed by atoms with Gasteiger partial charge in [-0.05, 0) is 96.3 Å². The minimum absolute atomic E-state index is 0.144. The van der Waals surface area contributed by atoms with E-state index in [0.29, 0.717) is 17.4 Å². The van der Waals surface area contributed by atoms with Crippen LogP contribution in [0.1, 0.15) is 258 Å². The van der Waals surface area contributed by atoms with Crippen LogP contribution in [0, 0.1) is 0 Å². The average Bonchev–Trinajstić information content (AvgIpc) is 3.40. The van der Waals surface area contributed by atoms with Gasteiger partial charge in [-0.15, -0.1) is 0 Å². The predicted molar refractivity (Wildman–Crippen MR) is 324 cm³/mol. The maximum absolute atomic E-state index is 12.9. The summed E-state index contributed by atoms with van der Waals surface area (Å²) < 4.78 is 22.7. The van der Waals surface area contributed by atoms with Crippen molar-refractivity contribution in [3.8, 4) is 0 Å². The molecule has 0 aromatic carbocycles. The summed E-state index contributed by atoms with van der Waals surface area (Å²) >= 11 is 0. The molecule has 2 atom stereocenters. The molecule has 0 aliphatic heterocycles. The topological polar surface area (TPSA) is 111 Å². The standard InChI is InChI=1S/C68H117NO8/c1-6-8-10-12-14-16-18-20-22-24-25-26-27-28-29-30-31-32-33-34-35-36-37-38-39-40-41-43-45-47-49-51-53-55-57-59-66(71)77-64(63-76-68(67(72)73)74-61-60-69(3,4)5)62-75-65(70)58-56-54-52-50-48-46-44-42-23-21-19-17-15-13-11-9-7-2/h8,10,14-17,20-23,25-26,28-29,31-32,64,68H,6-7,9,11-13,18-19,24,27,30,33-63H2,1-5H3/b10-8-,16-14-,17-15-,22-20-,23-21-,26-25-,29-28-,32-31-. The van der Waals surface area contributed by atoms with Crippen molar-refractivity contribution >= 4 is 17.9 Å². The van der Waals surface area contributed by atoms with Crippen molar-refractivity contribution in [2.45, 2.75) is 270 Å². The molecule has 442 valence electrons. The lowest BCUT2D eigenvalue weighted by molar-refractivity contribution is -0.870. The number of hydrogen-bond donors (Lipinski definition) is 0. The van der Waals surface area contributed by atoms with E-state index in [2.05, 4.69) is 111 Å². The molecule has 0 aromatic rings. The van der Waals surface area contributed by atoms with Crippen molar-refractivity contribution in [1.82, 2.24) is 0 Å². The highest BCUT2D eigenvalue weighted by atomic mass is 16.7. The number of carboxylic acids is 1. The lowest BCUT2D eigenvalue weighted by Gasteiger charge is -2.26. The Balaban J connectivity index is 4.12. The van der Waals surface area contributed by atoms with Crippen LogP contribution in [0.2, 0.25) is 0 Å². The number of aliphatic carboxylic acids is 1. The van der Waals surface area contributed by atoms with Gasteiger partial charge in [-0.2, -0.15) is 0 Å². The quantitative estimate of drug-likeness (QED) is 0.0195. The second-order valence-corrected chi connectivity index (χ2v) is 22.0. The van der Waals surface area contributed by atoms with Gasteiger partial charge in [0.25, 0.3) is 0 Å². The Hall–Kier alpha value is -3.79. The number of unbranched alkanes of at least 4 members (excludes halogenated alkanes) is 26. The van der Waals surface area contributed by atoms with Crippen molar-refractivity contribution in [2.24, 2.45) is 0 Å². The van der Waals surface area contributed by atoms with Crippen LogP contribution in [0.5, 0.6) is 0 Å². The van der Waals surface area contributed by atoms with Gasteiger partial charge in [0.2, 0.25) is 0 Å². The van der Waals surface area contributed by atoms with E-state index in [1.807, 2.05) is 21.1 Å². The molecule has 9 heteroatoms. The highest BCUT2D eigenvalue weighted by Gasteiger charge is 2.22. The number of quaternary nitrogens is 1. The predicted octanol–water partition coefficient (Wildman–Crippen LogP) is 17.6. The molecule has 0 amide bonds. The Morgan fingerprint density at radius 3 is 1.10 bits per heavy atom. The number of carbonyl (C=O) groups is 3. The highest BCUT2D eigenvalue weighted by Crippen LogP contribution is 2.16. The van der Waals surface area contributed by atoms with Gasteiger partial charge in [-0.25, -0.2) is 0 Å². The van der Waals surface area contributed by atoms with Crippen molar-refractivity contribution in [2.75, 3.05) is 47.5 Å². The summed E-state index contributed by atoms with van der Waals surface area (Å²) in [6.45, 7) is 4.61. The van der Waals surface area contributed by atoms with Gasteiger partial charge in [0, 0.05) is 12.8 Å². The van der Waals surface area contributed by atoms with Crippen molar-refractivity contribution in [3.63, 3.8) is 0 Å². The number of carbonyl (C=O) groups excluding carboxylic acids is 3. The molecule has 9 nitrogen and oxygen atoms in total. The first-order chi connectivity index (χ1) is 37.6. The minimum atomic E-state index is -1.63. The van der Waals surface area contributed by atoms with Crippen molar-refractivity contribution < 1.29 is 42.9 Å². The lowest BCUT2D eigenvalue weighted by atomic mass is 10.0. The lowest BCUT2D eigenvalue weighted by Crippen LogP contribution is -2.44. The van der Waals surface area contributed by atoms with Gasteiger partial charge in [-0.1, -0.05) is 246 Å². The zero-order chi connectivity index (χ0) is 56.2. The van der Waals surface area contributed by atoms with Crippen LogP contribution in [0.25, 0.3) is 0 Å². The Morgan fingerprint density at radius 2 is 0.740 bits per heavy atom. The molecular formula is C68H117NO8. The SMILES string of the molecule is CC/C=C\C/C=C\C/C=C\C/C=C\C/C=C\C/C=C\CCCCCCCCCCCCCCCCCCC(=O)OC(COC(=O)CCCCCCCCC/C=C\C/C=C\CCCCC)COC(OCC[N+](C)(C)C)C(=O)[O-]. The van der Waals surface area contributed by atoms with Crippen LogP contribution in [0.4, 0.5) is 0 Å². The van der Waals surface area contributed by atoms with E-state index in [1.54, 1.807) is 0 Å². The molecule has 77 heavy (non-hydrogen) atoms. The smallest absolute Gasteiger partial charge is 0.306 e. The van der Waals surface area contributed by atoms with Crippen LogP contribution < -0.4 is 5.11 Å². The maximum atomic E-state index is 12.9. The zero-order valence-corrected chi connectivity index (χ0v) is 50.3. The summed E-state index contributed by atoms with van der Waals surface area (Å²) in [5.74, 6) is -2.29. The third-order valence-electron chi connectivity index (χ3n) is 13.3. The monoisotopic (exact) mass is 1080 g/mol. The summed E-state index contributed by atoms with van der Waals surface area (Å²) in [7, 11) is 5.92. The zero-order valence-electron chi connectivity index (χ0n) is 50.3. The van der Waals surface area contributed by atoms with E-state index in [9.17, 15) is 19.5 Å². The summed E-state index contributed by atoms with van der Waals surface area (Å²) in [6.07, 6.45) is 76.1. The van der Waals surface area contributed by atoms with Crippen LogP contribution in [0.15, 0.2) is 97.2 Å². The number of carboxylic acid groups (broad SMARTS) is 1. The van der Waals surface area contributed by atoms with Crippen LogP contribution >= 0.6 is 0 Å². The number of rotatable bonds is 57. The molecule has 0 bridgehead atoms. The second kappa shape index (κ2) is 58.4. The normalized spacial score (nSPS) is 13.4. The average molecular weight is 1080 g/mol. The van der Waals surface area contributed by atoms with E-state index < -0.39 is 24.3 Å². The number of likely N-dealkylation sites (N-methyl/N-ethyl adjacent to an activating group) is 1. The van der Waals surface area contributed by atoms with Gasteiger partial charge in [0.05, 0.1) is 40.3 Å². The van der Waals surface area contributed by atoms with Gasteiger partial charge in [0.1, 0.15) is 13.2 Å². The summed E-state index contributed by atoms with van der Waals surface area (Å²) in [4.78, 5) is 37.3. The van der Waals surface area contributed by atoms with Gasteiger partial charge < -0.3 is 33.3 Å². The number of nitrogens with zero attached hydrogens (tertiary/aromatic N) is 1. The Bertz CT molecular complexity index is 1580. The van der Waals surface area contributed by atoms with E-state index in [-0.39, 0.29) is 38.6 Å². The molecule has 0 aliphatic rings. The molecule has 0 fully saturated rings. The number of allylic oxidation sites excluding steroid dienone is 16. The summed E-state index contributed by atoms with van der Waals surface area (Å²) in [5, 5.41) is 11.8. The van der Waals surface area contributed by atoms with Crippen LogP contribution in [-0.4, -0.2) is 82.3 Å². The number of esters is 2. The Labute approximate surface area is 473 Å². The van der Waals surface area contributed by atoms with E-state index in [1.165, 1.54) is 128 Å². The maximum Gasteiger partial charge on any atom is 0.306 e. The molecule has 0 aromatic heterocycles. The Kier molecular flexibility index (Phi) is 55.5. The van der Waals surface area contributed by atoms with Crippen molar-refractivity contribution in [3.05, 3.63) is 97.2 Å². The fraction of sp³-hybridized carbons (Fsp3) is 0.721. The minimum Gasteiger partial charge on any atom is -0.545 e. The molecule has 2 unspecified atom stereocenters. The molecule has 0 saturated heterocycles.